The van der Waals surface area contributed by atoms with E-state index in [9.17, 15) is 19.7 Å². The number of hydrogen-bond acceptors (Lipinski definition) is 6. The van der Waals surface area contributed by atoms with Crippen LogP contribution in [0.1, 0.15) is 10.4 Å². The Kier molecular flexibility index (Phi) is 4.75. The first kappa shape index (κ1) is 14.1. The Morgan fingerprint density at radius 3 is 2.78 bits per heavy atom. The molecule has 98 valence electrons. The van der Waals surface area contributed by atoms with Crippen molar-refractivity contribution in [3.63, 3.8) is 0 Å². The summed E-state index contributed by atoms with van der Waals surface area (Å²) in [6, 6.07) is -0.104. The summed E-state index contributed by atoms with van der Waals surface area (Å²) in [5, 5.41) is 22.5. The van der Waals surface area contributed by atoms with Crippen LogP contribution in [0.4, 0.5) is 5.00 Å². The molecule has 1 aromatic heterocycles. The van der Waals surface area contributed by atoms with Gasteiger partial charge in [-0.25, -0.2) is 4.79 Å². The standard InChI is InChI=1S/C9H10N2O6S/c1-17-3-6(9(13)14)10-8(12)5-2-7(11(15)16)18-4-5/h2,4,6H,3H2,1H3,(H,10,12)(H,13,14). The molecule has 8 nitrogen and oxygen atoms in total. The van der Waals surface area contributed by atoms with Crippen molar-refractivity contribution in [2.24, 2.45) is 0 Å². The van der Waals surface area contributed by atoms with E-state index in [-0.39, 0.29) is 17.2 Å². The van der Waals surface area contributed by atoms with E-state index >= 15 is 0 Å². The lowest BCUT2D eigenvalue weighted by Crippen LogP contribution is -2.43. The average molecular weight is 274 g/mol. The van der Waals surface area contributed by atoms with E-state index in [1.165, 1.54) is 12.5 Å². The van der Waals surface area contributed by atoms with E-state index in [4.69, 9.17) is 5.11 Å². The van der Waals surface area contributed by atoms with Gasteiger partial charge in [-0.3, -0.25) is 14.9 Å². The molecule has 1 aromatic rings. The molecule has 0 aliphatic rings. The van der Waals surface area contributed by atoms with Gasteiger partial charge in [-0.1, -0.05) is 11.3 Å². The van der Waals surface area contributed by atoms with Crippen molar-refractivity contribution in [3.8, 4) is 0 Å². The third-order valence-electron chi connectivity index (χ3n) is 1.96. The molecule has 0 aliphatic carbocycles. The minimum atomic E-state index is -1.24. The predicted octanol–water partition coefficient (Wildman–Crippen LogP) is 0.486. The summed E-state index contributed by atoms with van der Waals surface area (Å²) >= 11 is 0.796. The van der Waals surface area contributed by atoms with Crippen LogP contribution in [0.2, 0.25) is 0 Å². The Morgan fingerprint density at radius 2 is 2.33 bits per heavy atom. The summed E-state index contributed by atoms with van der Waals surface area (Å²) in [4.78, 5) is 32.2. The van der Waals surface area contributed by atoms with Crippen LogP contribution in [0.3, 0.4) is 0 Å². The quantitative estimate of drug-likeness (QED) is 0.575. The van der Waals surface area contributed by atoms with Crippen molar-refractivity contribution in [2.75, 3.05) is 13.7 Å². The second-order valence-electron chi connectivity index (χ2n) is 3.25. The molecule has 1 amide bonds. The summed E-state index contributed by atoms with van der Waals surface area (Å²) in [5.41, 5.74) is 0.0500. The summed E-state index contributed by atoms with van der Waals surface area (Å²) in [7, 11) is 1.30. The van der Waals surface area contributed by atoms with Crippen molar-refractivity contribution in [1.82, 2.24) is 5.32 Å². The minimum absolute atomic E-state index is 0.0500. The van der Waals surface area contributed by atoms with Crippen LogP contribution in [0.15, 0.2) is 11.4 Å². The molecule has 0 saturated carbocycles. The van der Waals surface area contributed by atoms with Crippen LogP contribution in [0.5, 0.6) is 0 Å². The van der Waals surface area contributed by atoms with Crippen LogP contribution in [-0.2, 0) is 9.53 Å². The molecule has 9 heteroatoms. The Labute approximate surface area is 105 Å². The lowest BCUT2D eigenvalue weighted by molar-refractivity contribution is -0.380. The number of rotatable bonds is 6. The number of nitrogens with zero attached hydrogens (tertiary/aromatic N) is 1. The summed E-state index contributed by atoms with van der Waals surface area (Å²) in [6.45, 7) is -0.187. The molecule has 0 radical (unpaired) electrons. The van der Waals surface area contributed by atoms with Gasteiger partial charge in [-0.05, 0) is 0 Å². The maximum atomic E-state index is 11.6. The zero-order chi connectivity index (χ0) is 13.7. The number of carbonyl (C=O) groups excluding carboxylic acids is 1. The molecular weight excluding hydrogens is 264 g/mol. The third kappa shape index (κ3) is 3.50. The number of hydrogen-bond donors (Lipinski definition) is 2. The first-order chi connectivity index (χ1) is 8.45. The van der Waals surface area contributed by atoms with E-state index in [0.29, 0.717) is 0 Å². The highest BCUT2D eigenvalue weighted by Gasteiger charge is 2.22. The molecule has 1 unspecified atom stereocenters. The topological polar surface area (TPSA) is 119 Å². The largest absolute Gasteiger partial charge is 0.480 e. The van der Waals surface area contributed by atoms with Gasteiger partial charge in [0.2, 0.25) is 0 Å². The number of carboxylic acid groups (broad SMARTS) is 1. The van der Waals surface area contributed by atoms with Gasteiger partial charge in [-0.15, -0.1) is 0 Å². The van der Waals surface area contributed by atoms with Crippen molar-refractivity contribution in [3.05, 3.63) is 27.1 Å². The second kappa shape index (κ2) is 6.07. The van der Waals surface area contributed by atoms with E-state index in [0.717, 1.165) is 17.4 Å². The monoisotopic (exact) mass is 274 g/mol. The molecule has 0 bridgehead atoms. The molecule has 0 aromatic carbocycles. The normalized spacial score (nSPS) is 11.8. The summed E-state index contributed by atoms with van der Waals surface area (Å²) in [6.07, 6.45) is 0. The highest BCUT2D eigenvalue weighted by molar-refractivity contribution is 7.13. The van der Waals surface area contributed by atoms with Crippen LogP contribution in [-0.4, -0.2) is 41.7 Å². The number of thiophene rings is 1. The first-order valence-corrected chi connectivity index (χ1v) is 5.59. The Morgan fingerprint density at radius 1 is 1.67 bits per heavy atom. The smallest absolute Gasteiger partial charge is 0.328 e. The molecular formula is C9H10N2O6S. The van der Waals surface area contributed by atoms with Gasteiger partial charge in [0.05, 0.1) is 17.1 Å². The zero-order valence-electron chi connectivity index (χ0n) is 9.28. The molecule has 18 heavy (non-hydrogen) atoms. The number of nitro groups is 1. The SMILES string of the molecule is COCC(NC(=O)c1csc([N+](=O)[O-])c1)C(=O)O. The van der Waals surface area contributed by atoms with Crippen LogP contribution < -0.4 is 5.32 Å². The van der Waals surface area contributed by atoms with Crippen LogP contribution >= 0.6 is 11.3 Å². The molecule has 0 saturated heterocycles. The van der Waals surface area contributed by atoms with Crippen LogP contribution in [0.25, 0.3) is 0 Å². The van der Waals surface area contributed by atoms with Crippen molar-refractivity contribution in [2.45, 2.75) is 6.04 Å². The summed E-state index contributed by atoms with van der Waals surface area (Å²) < 4.78 is 4.64. The third-order valence-corrected chi connectivity index (χ3v) is 2.84. The van der Waals surface area contributed by atoms with Crippen molar-refractivity contribution < 1.29 is 24.4 Å². The Bertz CT molecular complexity index is 471. The number of aliphatic carboxylic acids is 1. The van der Waals surface area contributed by atoms with Gasteiger partial charge in [0.15, 0.2) is 6.04 Å². The van der Waals surface area contributed by atoms with Gasteiger partial charge >= 0.3 is 11.0 Å². The maximum absolute atomic E-state index is 11.6. The maximum Gasteiger partial charge on any atom is 0.328 e. The number of nitrogens with one attached hydrogen (secondary N) is 1. The highest BCUT2D eigenvalue weighted by Crippen LogP contribution is 2.22. The molecule has 0 spiro atoms. The Balaban J connectivity index is 2.74. The highest BCUT2D eigenvalue weighted by atomic mass is 32.1. The number of methoxy groups -OCH3 is 1. The fraction of sp³-hybridized carbons (Fsp3) is 0.333. The van der Waals surface area contributed by atoms with Crippen molar-refractivity contribution in [1.29, 1.82) is 0 Å². The van der Waals surface area contributed by atoms with E-state index in [1.54, 1.807) is 0 Å². The molecule has 0 fully saturated rings. The fourth-order valence-corrected chi connectivity index (χ4v) is 1.83. The summed E-state index contributed by atoms with van der Waals surface area (Å²) in [5.74, 6) is -1.93. The van der Waals surface area contributed by atoms with Gasteiger partial charge in [-0.2, -0.15) is 0 Å². The lowest BCUT2D eigenvalue weighted by Gasteiger charge is -2.12. The fourth-order valence-electron chi connectivity index (χ4n) is 1.12. The average Bonchev–Trinajstić information content (AvgIpc) is 2.77. The minimum Gasteiger partial charge on any atom is -0.480 e. The molecule has 2 N–H and O–H groups in total. The van der Waals surface area contributed by atoms with Crippen molar-refractivity contribution >= 4 is 28.2 Å². The molecule has 1 rings (SSSR count). The lowest BCUT2D eigenvalue weighted by atomic mass is 10.2. The number of ether oxygens (including phenoxy) is 1. The van der Waals surface area contributed by atoms with Gasteiger partial charge in [0.1, 0.15) is 0 Å². The predicted molar refractivity (Wildman–Crippen MR) is 61.7 cm³/mol. The molecule has 1 heterocycles. The number of carbonyl (C=O) groups is 2. The van der Waals surface area contributed by atoms with E-state index in [2.05, 4.69) is 10.1 Å². The van der Waals surface area contributed by atoms with E-state index < -0.39 is 22.8 Å². The van der Waals surface area contributed by atoms with Crippen LogP contribution in [0, 0.1) is 10.1 Å². The van der Waals surface area contributed by atoms with E-state index in [1.807, 2.05) is 0 Å². The van der Waals surface area contributed by atoms with Gasteiger partial charge in [0.25, 0.3) is 5.91 Å². The molecule has 1 atom stereocenters. The molecule has 0 aliphatic heterocycles. The van der Waals surface area contributed by atoms with Gasteiger partial charge < -0.3 is 15.2 Å². The Hall–Kier alpha value is -2.00. The second-order valence-corrected chi connectivity index (χ2v) is 4.14. The number of carboxylic acids is 1. The van der Waals surface area contributed by atoms with Gasteiger partial charge in [0, 0.05) is 18.6 Å². The zero-order valence-corrected chi connectivity index (χ0v) is 10.1. The number of amides is 1. The first-order valence-electron chi connectivity index (χ1n) is 4.71.